The number of carbonyl (C=O) groups is 1. The molecule has 0 radical (unpaired) electrons. The highest BCUT2D eigenvalue weighted by molar-refractivity contribution is 5.96. The molecule has 1 amide bonds. The summed E-state index contributed by atoms with van der Waals surface area (Å²) in [6.45, 7) is 2.57. The largest absolute Gasteiger partial charge is 0.493 e. The maximum absolute atomic E-state index is 13.8. The van der Waals surface area contributed by atoms with Gasteiger partial charge in [0.05, 0.1) is 12.3 Å². The number of nitrogens with one attached hydrogen (secondary N) is 2. The summed E-state index contributed by atoms with van der Waals surface area (Å²) >= 11 is 0. The average Bonchev–Trinajstić information content (AvgIpc) is 3.32. The van der Waals surface area contributed by atoms with Gasteiger partial charge in [-0.15, -0.1) is 0 Å². The van der Waals surface area contributed by atoms with E-state index in [1.807, 2.05) is 19.1 Å². The van der Waals surface area contributed by atoms with Crippen LogP contribution in [0.25, 0.3) is 11.3 Å². The lowest BCUT2D eigenvalue weighted by Crippen LogP contribution is -2.27. The smallest absolute Gasteiger partial charge is 0.229 e. The van der Waals surface area contributed by atoms with Crippen molar-refractivity contribution in [2.24, 2.45) is 5.92 Å². The molecule has 2 N–H and O–H groups in total. The number of pyridine rings is 1. The lowest BCUT2D eigenvalue weighted by atomic mass is 9.87. The number of nitrogens with zero attached hydrogens (tertiary/aromatic N) is 2. The number of anilines is 1. The van der Waals surface area contributed by atoms with Crippen LogP contribution in [-0.4, -0.2) is 27.7 Å². The molecule has 1 aromatic carbocycles. The minimum Gasteiger partial charge on any atom is -0.493 e. The summed E-state index contributed by atoms with van der Waals surface area (Å²) in [7, 11) is 0. The van der Waals surface area contributed by atoms with E-state index < -0.39 is 0 Å². The molecule has 2 atom stereocenters. The van der Waals surface area contributed by atoms with Crippen molar-refractivity contribution in [3.05, 3.63) is 59.7 Å². The maximum Gasteiger partial charge on any atom is 0.229 e. The minimum absolute atomic E-state index is 0.0791. The Labute approximate surface area is 167 Å². The van der Waals surface area contributed by atoms with Crippen LogP contribution in [0.15, 0.2) is 42.7 Å². The second-order valence-electron chi connectivity index (χ2n) is 7.66. The molecule has 0 bridgehead atoms. The fourth-order valence-corrected chi connectivity index (χ4v) is 4.49. The zero-order valence-corrected chi connectivity index (χ0v) is 16.0. The molecule has 5 rings (SSSR count). The number of ether oxygens (including phenoxy) is 1. The molecule has 1 spiro atoms. The van der Waals surface area contributed by atoms with Gasteiger partial charge in [0, 0.05) is 40.4 Å². The first kappa shape index (κ1) is 17.8. The van der Waals surface area contributed by atoms with E-state index in [-0.39, 0.29) is 23.1 Å². The third kappa shape index (κ3) is 2.88. The standard InChI is InChI=1S/C22H21FN4O2/c1-2-15-19(13-5-8-24-9-6-13)26-27-20(15)25-21(28)17-12-22(17)7-10-29-18-4-3-14(23)11-16(18)22/h3-6,8-9,11,17H,2,7,10,12H2,1H3,(H2,25,26,27,28)/t17-,22-/m1/s1. The van der Waals surface area contributed by atoms with Gasteiger partial charge in [-0.3, -0.25) is 14.9 Å². The molecule has 0 unspecified atom stereocenters. The summed E-state index contributed by atoms with van der Waals surface area (Å²) in [6.07, 6.45) is 5.58. The SMILES string of the molecule is CCc1c(NC(=O)[C@H]2C[C@@]23CCOc2ccc(F)cc23)n[nH]c1-c1ccncc1. The molecule has 6 nitrogen and oxygen atoms in total. The Morgan fingerprint density at radius 2 is 2.17 bits per heavy atom. The molecular weight excluding hydrogens is 371 g/mol. The molecule has 29 heavy (non-hydrogen) atoms. The van der Waals surface area contributed by atoms with Gasteiger partial charge in [0.15, 0.2) is 5.82 Å². The highest BCUT2D eigenvalue weighted by Crippen LogP contribution is 2.61. The lowest BCUT2D eigenvalue weighted by molar-refractivity contribution is -0.117. The number of amides is 1. The zero-order chi connectivity index (χ0) is 20.0. The molecule has 1 aliphatic heterocycles. The number of H-pyrrole nitrogens is 1. The molecule has 1 fully saturated rings. The van der Waals surface area contributed by atoms with Crippen molar-refractivity contribution in [1.29, 1.82) is 0 Å². The van der Waals surface area contributed by atoms with Crippen LogP contribution in [0.5, 0.6) is 5.75 Å². The van der Waals surface area contributed by atoms with E-state index in [9.17, 15) is 9.18 Å². The van der Waals surface area contributed by atoms with Crippen molar-refractivity contribution >= 4 is 11.7 Å². The van der Waals surface area contributed by atoms with Gasteiger partial charge in [-0.05, 0) is 49.6 Å². The number of fused-ring (bicyclic) bond motifs is 2. The monoisotopic (exact) mass is 392 g/mol. The second kappa shape index (κ2) is 6.69. The van der Waals surface area contributed by atoms with E-state index in [2.05, 4.69) is 20.5 Å². The Kier molecular flexibility index (Phi) is 4.12. The summed E-state index contributed by atoms with van der Waals surface area (Å²) in [6, 6.07) is 8.37. The predicted octanol–water partition coefficient (Wildman–Crippen LogP) is 3.85. The van der Waals surface area contributed by atoms with Gasteiger partial charge in [-0.25, -0.2) is 4.39 Å². The fraction of sp³-hybridized carbons (Fsp3) is 0.318. The molecule has 1 saturated carbocycles. The highest BCUT2D eigenvalue weighted by Gasteiger charge is 2.61. The molecule has 3 aromatic rings. The molecule has 2 aliphatic rings. The fourth-order valence-electron chi connectivity index (χ4n) is 4.49. The van der Waals surface area contributed by atoms with Gasteiger partial charge < -0.3 is 10.1 Å². The van der Waals surface area contributed by atoms with Crippen molar-refractivity contribution in [2.45, 2.75) is 31.6 Å². The molecule has 1 aliphatic carbocycles. The Bertz CT molecular complexity index is 1080. The summed E-state index contributed by atoms with van der Waals surface area (Å²) in [5.41, 5.74) is 3.28. The maximum atomic E-state index is 13.8. The van der Waals surface area contributed by atoms with Crippen molar-refractivity contribution in [2.75, 3.05) is 11.9 Å². The first-order valence-corrected chi connectivity index (χ1v) is 9.83. The number of hydrogen-bond acceptors (Lipinski definition) is 4. The number of halogens is 1. The number of hydrogen-bond donors (Lipinski definition) is 2. The lowest BCUT2D eigenvalue weighted by Gasteiger charge is -2.26. The third-order valence-corrected chi connectivity index (χ3v) is 6.11. The van der Waals surface area contributed by atoms with Gasteiger partial charge in [0.2, 0.25) is 5.91 Å². The topological polar surface area (TPSA) is 79.9 Å². The van der Waals surface area contributed by atoms with Crippen molar-refractivity contribution < 1.29 is 13.9 Å². The Balaban J connectivity index is 1.40. The Hall–Kier alpha value is -3.22. The van der Waals surface area contributed by atoms with Crippen molar-refractivity contribution in [3.63, 3.8) is 0 Å². The first-order chi connectivity index (χ1) is 14.1. The number of carbonyl (C=O) groups excluding carboxylic acids is 1. The van der Waals surface area contributed by atoms with Crippen LogP contribution in [-0.2, 0) is 16.6 Å². The van der Waals surface area contributed by atoms with Crippen LogP contribution < -0.4 is 10.1 Å². The Morgan fingerprint density at radius 3 is 2.97 bits per heavy atom. The van der Waals surface area contributed by atoms with Gasteiger partial charge in [0.25, 0.3) is 0 Å². The molecule has 2 aromatic heterocycles. The van der Waals surface area contributed by atoms with E-state index in [0.29, 0.717) is 31.0 Å². The Morgan fingerprint density at radius 1 is 1.34 bits per heavy atom. The average molecular weight is 392 g/mol. The normalized spacial score (nSPS) is 22.1. The van der Waals surface area contributed by atoms with E-state index in [1.54, 1.807) is 18.5 Å². The molecule has 7 heteroatoms. The van der Waals surface area contributed by atoms with Crippen LogP contribution in [0.2, 0.25) is 0 Å². The highest BCUT2D eigenvalue weighted by atomic mass is 19.1. The van der Waals surface area contributed by atoms with E-state index >= 15 is 0 Å². The van der Waals surface area contributed by atoms with Crippen LogP contribution in [0.1, 0.15) is 30.9 Å². The number of rotatable bonds is 4. The van der Waals surface area contributed by atoms with Crippen molar-refractivity contribution in [3.8, 4) is 17.0 Å². The van der Waals surface area contributed by atoms with E-state index in [4.69, 9.17) is 4.74 Å². The second-order valence-corrected chi connectivity index (χ2v) is 7.66. The molecule has 0 saturated heterocycles. The van der Waals surface area contributed by atoms with Crippen LogP contribution in [0, 0.1) is 11.7 Å². The first-order valence-electron chi connectivity index (χ1n) is 9.83. The molecular formula is C22H21FN4O2. The van der Waals surface area contributed by atoms with E-state index in [0.717, 1.165) is 28.8 Å². The predicted molar refractivity (Wildman–Crippen MR) is 106 cm³/mol. The minimum atomic E-state index is -0.337. The number of aromatic amines is 1. The summed E-state index contributed by atoms with van der Waals surface area (Å²) in [5.74, 6) is 0.643. The van der Waals surface area contributed by atoms with E-state index in [1.165, 1.54) is 12.1 Å². The molecule has 148 valence electrons. The van der Waals surface area contributed by atoms with Gasteiger partial charge in [-0.2, -0.15) is 5.10 Å². The zero-order valence-electron chi connectivity index (χ0n) is 16.0. The van der Waals surface area contributed by atoms with Crippen LogP contribution >= 0.6 is 0 Å². The van der Waals surface area contributed by atoms with Crippen LogP contribution in [0.4, 0.5) is 10.2 Å². The summed E-state index contributed by atoms with van der Waals surface area (Å²) in [4.78, 5) is 17.1. The van der Waals surface area contributed by atoms with Gasteiger partial charge >= 0.3 is 0 Å². The van der Waals surface area contributed by atoms with Crippen LogP contribution in [0.3, 0.4) is 0 Å². The summed E-state index contributed by atoms with van der Waals surface area (Å²) < 4.78 is 19.5. The van der Waals surface area contributed by atoms with Gasteiger partial charge in [0.1, 0.15) is 11.6 Å². The van der Waals surface area contributed by atoms with Gasteiger partial charge in [-0.1, -0.05) is 6.92 Å². The van der Waals surface area contributed by atoms with Crippen molar-refractivity contribution in [1.82, 2.24) is 15.2 Å². The number of benzene rings is 1. The quantitative estimate of drug-likeness (QED) is 0.707. The summed E-state index contributed by atoms with van der Waals surface area (Å²) in [5, 5.41) is 10.4. The number of aromatic nitrogens is 3. The molecule has 3 heterocycles. The third-order valence-electron chi connectivity index (χ3n) is 6.11.